The van der Waals surface area contributed by atoms with Gasteiger partial charge in [-0.05, 0) is 58.2 Å². The standard InChI is InChI=1S/C27H34N2.CH2O2/c1-20-13-14-25(28-18-20)29(19-21-11-9-8-10-12-21)24-16-22(26(2,3)4)15-23(17-24)27(5,6)7;2-1-3/h8-18H,19H2,1-7H3;1H,(H,2,3). The van der Waals surface area contributed by atoms with Gasteiger partial charge >= 0.3 is 0 Å². The molecule has 3 rings (SSSR count). The Morgan fingerprint density at radius 1 is 0.875 bits per heavy atom. The Labute approximate surface area is 193 Å². The van der Waals surface area contributed by atoms with Gasteiger partial charge < -0.3 is 10.0 Å². The fourth-order valence-corrected chi connectivity index (χ4v) is 3.32. The third-order valence-corrected chi connectivity index (χ3v) is 5.32. The van der Waals surface area contributed by atoms with E-state index in [2.05, 4.69) is 114 Å². The predicted molar refractivity (Wildman–Crippen MR) is 134 cm³/mol. The van der Waals surface area contributed by atoms with Crippen LogP contribution in [0.4, 0.5) is 11.5 Å². The highest BCUT2D eigenvalue weighted by atomic mass is 16.3. The lowest BCUT2D eigenvalue weighted by Crippen LogP contribution is -2.22. The van der Waals surface area contributed by atoms with Crippen LogP contribution >= 0.6 is 0 Å². The molecular formula is C28H36N2O2. The van der Waals surface area contributed by atoms with E-state index < -0.39 is 0 Å². The number of carbonyl (C=O) groups is 1. The highest BCUT2D eigenvalue weighted by Gasteiger charge is 2.23. The van der Waals surface area contributed by atoms with E-state index >= 15 is 0 Å². The van der Waals surface area contributed by atoms with Gasteiger partial charge in [-0.25, -0.2) is 4.98 Å². The highest BCUT2D eigenvalue weighted by molar-refractivity contribution is 5.63. The molecule has 0 aliphatic carbocycles. The van der Waals surface area contributed by atoms with Crippen LogP contribution in [0.1, 0.15) is 63.8 Å². The van der Waals surface area contributed by atoms with Gasteiger partial charge in [-0.2, -0.15) is 0 Å². The number of hydrogen-bond acceptors (Lipinski definition) is 3. The minimum atomic E-state index is -0.250. The minimum absolute atomic E-state index is 0.0785. The number of anilines is 2. The van der Waals surface area contributed by atoms with Gasteiger partial charge in [0.15, 0.2) is 0 Å². The number of benzene rings is 2. The largest absolute Gasteiger partial charge is 0.483 e. The first kappa shape index (κ1) is 25.1. The van der Waals surface area contributed by atoms with Gasteiger partial charge in [0.2, 0.25) is 0 Å². The number of aromatic nitrogens is 1. The molecule has 0 atom stereocenters. The van der Waals surface area contributed by atoms with Crippen molar-refractivity contribution in [2.45, 2.75) is 65.8 Å². The van der Waals surface area contributed by atoms with Crippen molar-refractivity contribution >= 4 is 18.0 Å². The van der Waals surface area contributed by atoms with Crippen LogP contribution in [0.2, 0.25) is 0 Å². The molecule has 1 N–H and O–H groups in total. The number of hydrogen-bond donors (Lipinski definition) is 1. The fourth-order valence-electron chi connectivity index (χ4n) is 3.32. The molecule has 4 heteroatoms. The Hall–Kier alpha value is -3.14. The van der Waals surface area contributed by atoms with E-state index in [9.17, 15) is 0 Å². The lowest BCUT2D eigenvalue weighted by Gasteiger charge is -2.30. The maximum Gasteiger partial charge on any atom is 0.290 e. The van der Waals surface area contributed by atoms with Crippen LogP contribution in [0.5, 0.6) is 0 Å². The van der Waals surface area contributed by atoms with Crippen LogP contribution in [-0.2, 0) is 22.2 Å². The smallest absolute Gasteiger partial charge is 0.290 e. The first-order valence-corrected chi connectivity index (χ1v) is 10.9. The van der Waals surface area contributed by atoms with Crippen molar-refractivity contribution in [2.24, 2.45) is 0 Å². The predicted octanol–water partition coefficient (Wildman–Crippen LogP) is 7.02. The molecule has 0 saturated heterocycles. The molecule has 32 heavy (non-hydrogen) atoms. The van der Waals surface area contributed by atoms with E-state index in [0.29, 0.717) is 0 Å². The Bertz CT molecular complexity index is 966. The summed E-state index contributed by atoms with van der Waals surface area (Å²) in [6.07, 6.45) is 1.95. The monoisotopic (exact) mass is 432 g/mol. The molecule has 0 radical (unpaired) electrons. The first-order valence-electron chi connectivity index (χ1n) is 10.9. The molecule has 0 spiro atoms. The van der Waals surface area contributed by atoms with Crippen LogP contribution in [-0.4, -0.2) is 16.6 Å². The summed E-state index contributed by atoms with van der Waals surface area (Å²) in [4.78, 5) is 15.5. The van der Waals surface area contributed by atoms with Gasteiger partial charge in [-0.15, -0.1) is 0 Å². The summed E-state index contributed by atoms with van der Waals surface area (Å²) in [7, 11) is 0. The summed E-state index contributed by atoms with van der Waals surface area (Å²) in [5.74, 6) is 0.977. The molecule has 0 aliphatic heterocycles. The fraction of sp³-hybridized carbons (Fsp3) is 0.357. The van der Waals surface area contributed by atoms with E-state index in [4.69, 9.17) is 14.9 Å². The van der Waals surface area contributed by atoms with Gasteiger partial charge in [-0.3, -0.25) is 4.79 Å². The zero-order chi connectivity index (χ0) is 23.9. The summed E-state index contributed by atoms with van der Waals surface area (Å²) in [6, 6.07) is 21.9. The summed E-state index contributed by atoms with van der Waals surface area (Å²) < 4.78 is 0. The molecule has 3 aromatic rings. The van der Waals surface area contributed by atoms with Crippen LogP contribution in [0, 0.1) is 6.92 Å². The molecule has 2 aromatic carbocycles. The molecule has 0 amide bonds. The third-order valence-electron chi connectivity index (χ3n) is 5.32. The van der Waals surface area contributed by atoms with Gasteiger partial charge in [0.05, 0.1) is 0 Å². The molecule has 0 fully saturated rings. The third kappa shape index (κ3) is 6.94. The number of aryl methyl sites for hydroxylation is 1. The Balaban J connectivity index is 0.00000114. The maximum absolute atomic E-state index is 8.36. The number of carboxylic acid groups (broad SMARTS) is 1. The second kappa shape index (κ2) is 10.4. The van der Waals surface area contributed by atoms with Crippen LogP contribution in [0.15, 0.2) is 66.9 Å². The average molecular weight is 433 g/mol. The zero-order valence-corrected chi connectivity index (χ0v) is 20.4. The number of pyridine rings is 1. The van der Waals surface area contributed by atoms with Crippen LogP contribution < -0.4 is 4.90 Å². The van der Waals surface area contributed by atoms with Crippen molar-refractivity contribution in [1.29, 1.82) is 0 Å². The molecular weight excluding hydrogens is 396 g/mol. The SMILES string of the molecule is Cc1ccc(N(Cc2ccccc2)c2cc(C(C)(C)C)cc(C(C)(C)C)c2)nc1.O=CO. The lowest BCUT2D eigenvalue weighted by molar-refractivity contribution is -0.122. The van der Waals surface area contributed by atoms with Crippen LogP contribution in [0.25, 0.3) is 0 Å². The first-order chi connectivity index (χ1) is 15.0. The van der Waals surface area contributed by atoms with Crippen molar-refractivity contribution in [3.63, 3.8) is 0 Å². The normalized spacial score (nSPS) is 11.3. The maximum atomic E-state index is 8.36. The van der Waals surface area contributed by atoms with Crippen molar-refractivity contribution < 1.29 is 9.90 Å². The zero-order valence-electron chi connectivity index (χ0n) is 20.4. The Morgan fingerprint density at radius 3 is 1.84 bits per heavy atom. The van der Waals surface area contributed by atoms with Gasteiger partial charge in [-0.1, -0.05) is 84.0 Å². The van der Waals surface area contributed by atoms with Gasteiger partial charge in [0.25, 0.3) is 6.47 Å². The molecule has 0 saturated carbocycles. The highest BCUT2D eigenvalue weighted by Crippen LogP contribution is 2.36. The van der Waals surface area contributed by atoms with Crippen molar-refractivity contribution in [3.8, 4) is 0 Å². The van der Waals surface area contributed by atoms with Gasteiger partial charge in [0.1, 0.15) is 5.82 Å². The van der Waals surface area contributed by atoms with Crippen molar-refractivity contribution in [3.05, 3.63) is 89.1 Å². The summed E-state index contributed by atoms with van der Waals surface area (Å²) in [5, 5.41) is 6.89. The average Bonchev–Trinajstić information content (AvgIpc) is 2.72. The summed E-state index contributed by atoms with van der Waals surface area (Å²) in [6.45, 7) is 16.3. The molecule has 170 valence electrons. The van der Waals surface area contributed by atoms with Gasteiger partial charge in [0, 0.05) is 18.4 Å². The van der Waals surface area contributed by atoms with E-state index in [1.807, 2.05) is 6.20 Å². The second-order valence-corrected chi connectivity index (χ2v) is 10.1. The Morgan fingerprint density at radius 2 is 1.41 bits per heavy atom. The van der Waals surface area contributed by atoms with E-state index in [0.717, 1.165) is 12.4 Å². The topological polar surface area (TPSA) is 53.4 Å². The summed E-state index contributed by atoms with van der Waals surface area (Å²) >= 11 is 0. The Kier molecular flexibility index (Phi) is 8.20. The quantitative estimate of drug-likeness (QED) is 0.450. The van der Waals surface area contributed by atoms with E-state index in [1.54, 1.807) is 0 Å². The molecule has 0 bridgehead atoms. The number of nitrogens with zero attached hydrogens (tertiary/aromatic N) is 2. The molecule has 0 unspecified atom stereocenters. The molecule has 1 aromatic heterocycles. The summed E-state index contributed by atoms with van der Waals surface area (Å²) in [5.41, 5.74) is 6.50. The number of rotatable bonds is 4. The molecule has 0 aliphatic rings. The van der Waals surface area contributed by atoms with E-state index in [1.165, 1.54) is 27.9 Å². The van der Waals surface area contributed by atoms with Crippen molar-refractivity contribution in [1.82, 2.24) is 4.98 Å². The van der Waals surface area contributed by atoms with Crippen LogP contribution in [0.3, 0.4) is 0 Å². The lowest BCUT2D eigenvalue weighted by atomic mass is 9.80. The second-order valence-electron chi connectivity index (χ2n) is 10.1. The molecule has 4 nitrogen and oxygen atoms in total. The van der Waals surface area contributed by atoms with E-state index in [-0.39, 0.29) is 17.3 Å². The minimum Gasteiger partial charge on any atom is -0.483 e. The van der Waals surface area contributed by atoms with Crippen molar-refractivity contribution in [2.75, 3.05) is 4.90 Å². The molecule has 1 heterocycles.